The van der Waals surface area contributed by atoms with Crippen molar-refractivity contribution >= 4 is 5.95 Å². The van der Waals surface area contributed by atoms with E-state index in [4.69, 9.17) is 9.26 Å². The summed E-state index contributed by atoms with van der Waals surface area (Å²) >= 11 is 0. The van der Waals surface area contributed by atoms with Crippen molar-refractivity contribution < 1.29 is 9.26 Å². The van der Waals surface area contributed by atoms with Crippen LogP contribution in [0.3, 0.4) is 0 Å². The molecule has 7 heteroatoms. The molecule has 0 aliphatic heterocycles. The molecule has 0 atom stereocenters. The maximum absolute atomic E-state index is 5.59. The van der Waals surface area contributed by atoms with Crippen LogP contribution in [0, 0.1) is 6.92 Å². The number of hydrogen-bond acceptors (Lipinski definition) is 7. The van der Waals surface area contributed by atoms with Crippen molar-refractivity contribution in [2.45, 2.75) is 20.1 Å². The van der Waals surface area contributed by atoms with Crippen LogP contribution >= 0.6 is 0 Å². The molecule has 0 spiro atoms. The third-order valence-electron chi connectivity index (χ3n) is 2.88. The van der Waals surface area contributed by atoms with Crippen molar-refractivity contribution in [1.29, 1.82) is 0 Å². The smallest absolute Gasteiger partial charge is 0.223 e. The van der Waals surface area contributed by atoms with Crippen LogP contribution in [0.2, 0.25) is 0 Å². The topological polar surface area (TPSA) is 86.0 Å². The van der Waals surface area contributed by atoms with E-state index in [1.165, 1.54) is 0 Å². The molecule has 22 heavy (non-hydrogen) atoms. The second kappa shape index (κ2) is 6.66. The number of hydrogen-bond donors (Lipinski definition) is 1. The second-order valence-corrected chi connectivity index (χ2v) is 4.59. The van der Waals surface area contributed by atoms with E-state index in [9.17, 15) is 0 Å². The molecule has 0 saturated carbocycles. The Balaban J connectivity index is 1.51. The van der Waals surface area contributed by atoms with Gasteiger partial charge in [-0.15, -0.1) is 0 Å². The first-order chi connectivity index (χ1) is 10.8. The van der Waals surface area contributed by atoms with Gasteiger partial charge in [-0.05, 0) is 23.8 Å². The third kappa shape index (κ3) is 3.78. The van der Waals surface area contributed by atoms with Gasteiger partial charge in [0.15, 0.2) is 6.61 Å². The Hall–Kier alpha value is -2.96. The lowest BCUT2D eigenvalue weighted by Crippen LogP contribution is -2.03. The molecule has 0 amide bonds. The molecule has 1 aromatic carbocycles. The van der Waals surface area contributed by atoms with Crippen LogP contribution in [0.15, 0.2) is 47.2 Å². The fraction of sp³-hybridized carbons (Fsp3) is 0.200. The summed E-state index contributed by atoms with van der Waals surface area (Å²) < 4.78 is 10.5. The van der Waals surface area contributed by atoms with Gasteiger partial charge in [0.25, 0.3) is 0 Å². The minimum Gasteiger partial charge on any atom is -0.485 e. The van der Waals surface area contributed by atoms with Gasteiger partial charge < -0.3 is 14.6 Å². The monoisotopic (exact) mass is 297 g/mol. The van der Waals surface area contributed by atoms with Crippen molar-refractivity contribution in [1.82, 2.24) is 20.1 Å². The molecule has 2 aromatic heterocycles. The van der Waals surface area contributed by atoms with E-state index in [0.29, 0.717) is 24.2 Å². The van der Waals surface area contributed by atoms with Gasteiger partial charge in [0.05, 0.1) is 0 Å². The SMILES string of the molecule is Cc1nc(COc2ccc(CNc3ncccn3)cc2)no1. The van der Waals surface area contributed by atoms with Crippen LogP contribution in [0.4, 0.5) is 5.95 Å². The van der Waals surface area contributed by atoms with E-state index in [0.717, 1.165) is 11.3 Å². The minimum atomic E-state index is 0.285. The number of nitrogens with one attached hydrogen (secondary N) is 1. The molecule has 0 aliphatic rings. The molecule has 0 fully saturated rings. The summed E-state index contributed by atoms with van der Waals surface area (Å²) in [5, 5.41) is 6.92. The molecule has 3 rings (SSSR count). The van der Waals surface area contributed by atoms with E-state index in [1.807, 2.05) is 24.3 Å². The number of aromatic nitrogens is 4. The highest BCUT2D eigenvalue weighted by atomic mass is 16.5. The van der Waals surface area contributed by atoms with Crippen LogP contribution < -0.4 is 10.1 Å². The molecule has 3 aromatic rings. The predicted molar refractivity (Wildman–Crippen MR) is 79.2 cm³/mol. The molecule has 112 valence electrons. The van der Waals surface area contributed by atoms with Gasteiger partial charge in [-0.2, -0.15) is 4.98 Å². The fourth-order valence-corrected chi connectivity index (χ4v) is 1.82. The molecule has 2 heterocycles. The molecule has 7 nitrogen and oxygen atoms in total. The highest BCUT2D eigenvalue weighted by molar-refractivity contribution is 5.31. The summed E-state index contributed by atoms with van der Waals surface area (Å²) in [7, 11) is 0. The van der Waals surface area contributed by atoms with E-state index in [-0.39, 0.29) is 6.61 Å². The molecule has 0 bridgehead atoms. The largest absolute Gasteiger partial charge is 0.485 e. The molecule has 0 radical (unpaired) electrons. The Morgan fingerprint density at radius 2 is 1.91 bits per heavy atom. The summed E-state index contributed by atoms with van der Waals surface area (Å²) in [5.74, 6) is 2.42. The number of anilines is 1. The van der Waals surface area contributed by atoms with E-state index >= 15 is 0 Å². The Morgan fingerprint density at radius 1 is 1.14 bits per heavy atom. The zero-order chi connectivity index (χ0) is 15.2. The minimum absolute atomic E-state index is 0.285. The normalized spacial score (nSPS) is 10.4. The Bertz CT molecular complexity index is 712. The maximum Gasteiger partial charge on any atom is 0.223 e. The molecule has 0 unspecified atom stereocenters. The van der Waals surface area contributed by atoms with Crippen LogP contribution in [0.5, 0.6) is 5.75 Å². The van der Waals surface area contributed by atoms with Gasteiger partial charge in [-0.3, -0.25) is 0 Å². The summed E-state index contributed by atoms with van der Waals surface area (Å²) in [6.45, 7) is 2.68. The predicted octanol–water partition coefficient (Wildman–Crippen LogP) is 2.36. The zero-order valence-electron chi connectivity index (χ0n) is 12.1. The number of rotatable bonds is 6. The van der Waals surface area contributed by atoms with Crippen LogP contribution in [-0.4, -0.2) is 20.1 Å². The summed E-state index contributed by atoms with van der Waals surface area (Å²) in [6.07, 6.45) is 3.40. The average Bonchev–Trinajstić information content (AvgIpc) is 2.98. The lowest BCUT2D eigenvalue weighted by Gasteiger charge is -2.06. The standard InChI is InChI=1S/C15H15N5O2/c1-11-19-14(20-22-11)10-21-13-5-3-12(4-6-13)9-18-15-16-7-2-8-17-15/h2-8H,9-10H2,1H3,(H,16,17,18). The van der Waals surface area contributed by atoms with Gasteiger partial charge in [0.2, 0.25) is 17.7 Å². The van der Waals surface area contributed by atoms with Crippen molar-refractivity contribution in [3.05, 3.63) is 60.0 Å². The Labute approximate surface area is 127 Å². The summed E-state index contributed by atoms with van der Waals surface area (Å²) in [5.41, 5.74) is 1.11. The lowest BCUT2D eigenvalue weighted by atomic mass is 10.2. The summed E-state index contributed by atoms with van der Waals surface area (Å²) in [4.78, 5) is 12.3. The van der Waals surface area contributed by atoms with Crippen molar-refractivity contribution in [3.63, 3.8) is 0 Å². The van der Waals surface area contributed by atoms with Gasteiger partial charge in [0.1, 0.15) is 5.75 Å². The average molecular weight is 297 g/mol. The van der Waals surface area contributed by atoms with Crippen LogP contribution in [0.1, 0.15) is 17.3 Å². The first kappa shape index (κ1) is 14.0. The number of ether oxygens (including phenoxy) is 1. The van der Waals surface area contributed by atoms with Crippen LogP contribution in [0.25, 0.3) is 0 Å². The van der Waals surface area contributed by atoms with Gasteiger partial charge >= 0.3 is 0 Å². The number of benzene rings is 1. The first-order valence-corrected chi connectivity index (χ1v) is 6.81. The first-order valence-electron chi connectivity index (χ1n) is 6.81. The number of aryl methyl sites for hydroxylation is 1. The highest BCUT2D eigenvalue weighted by Crippen LogP contribution is 2.14. The van der Waals surface area contributed by atoms with Gasteiger partial charge in [-0.25, -0.2) is 9.97 Å². The Kier molecular flexibility index (Phi) is 4.24. The van der Waals surface area contributed by atoms with E-state index < -0.39 is 0 Å². The highest BCUT2D eigenvalue weighted by Gasteiger charge is 2.03. The van der Waals surface area contributed by atoms with Crippen LogP contribution in [-0.2, 0) is 13.2 Å². The third-order valence-corrected chi connectivity index (χ3v) is 2.88. The van der Waals surface area contributed by atoms with Gasteiger partial charge in [-0.1, -0.05) is 17.3 Å². The molecule has 0 aliphatic carbocycles. The maximum atomic E-state index is 5.59. The van der Waals surface area contributed by atoms with E-state index in [1.54, 1.807) is 25.4 Å². The second-order valence-electron chi connectivity index (χ2n) is 4.59. The van der Waals surface area contributed by atoms with E-state index in [2.05, 4.69) is 25.4 Å². The quantitative estimate of drug-likeness (QED) is 0.747. The van der Waals surface area contributed by atoms with Crippen molar-refractivity contribution in [2.75, 3.05) is 5.32 Å². The fourth-order valence-electron chi connectivity index (χ4n) is 1.82. The summed E-state index contributed by atoms with van der Waals surface area (Å²) in [6, 6.07) is 9.54. The van der Waals surface area contributed by atoms with Crippen molar-refractivity contribution in [3.8, 4) is 5.75 Å². The molecular weight excluding hydrogens is 282 g/mol. The Morgan fingerprint density at radius 3 is 2.59 bits per heavy atom. The molecular formula is C15H15N5O2. The molecule has 1 N–H and O–H groups in total. The lowest BCUT2D eigenvalue weighted by molar-refractivity contribution is 0.285. The van der Waals surface area contributed by atoms with Crippen molar-refractivity contribution in [2.24, 2.45) is 0 Å². The van der Waals surface area contributed by atoms with Gasteiger partial charge in [0, 0.05) is 25.9 Å². The number of nitrogens with zero attached hydrogens (tertiary/aromatic N) is 4. The molecule has 0 saturated heterocycles. The zero-order valence-corrected chi connectivity index (χ0v) is 12.1.